The summed E-state index contributed by atoms with van der Waals surface area (Å²) in [5.41, 5.74) is -1.27. The van der Waals surface area contributed by atoms with Gasteiger partial charge in [0.2, 0.25) is 0 Å². The molecule has 0 aromatic rings. The van der Waals surface area contributed by atoms with Crippen LogP contribution in [0.3, 0.4) is 0 Å². The van der Waals surface area contributed by atoms with Crippen LogP contribution in [0.15, 0.2) is 0 Å². The fraction of sp³-hybridized carbons (Fsp3) is 0.818. The molecule has 104 valence electrons. The van der Waals surface area contributed by atoms with Gasteiger partial charge in [-0.15, -0.1) is 0 Å². The van der Waals surface area contributed by atoms with Crippen LogP contribution < -0.4 is 10.6 Å². The van der Waals surface area contributed by atoms with Gasteiger partial charge in [0.05, 0.1) is 6.61 Å². The van der Waals surface area contributed by atoms with Crippen LogP contribution in [0.2, 0.25) is 0 Å². The molecule has 1 rings (SSSR count). The lowest BCUT2D eigenvalue weighted by molar-refractivity contribution is -0.144. The zero-order chi connectivity index (χ0) is 13.6. The Labute approximate surface area is 111 Å². The van der Waals surface area contributed by atoms with Crippen molar-refractivity contribution in [2.45, 2.75) is 30.6 Å². The van der Waals surface area contributed by atoms with Gasteiger partial charge in [-0.1, -0.05) is 6.92 Å². The van der Waals surface area contributed by atoms with E-state index < -0.39 is 17.5 Å². The van der Waals surface area contributed by atoms with Crippen LogP contribution in [0.25, 0.3) is 0 Å². The minimum absolute atomic E-state index is 0.0248. The van der Waals surface area contributed by atoms with Crippen LogP contribution in [0.4, 0.5) is 4.79 Å². The van der Waals surface area contributed by atoms with Crippen LogP contribution in [0.1, 0.15) is 19.8 Å². The van der Waals surface area contributed by atoms with Gasteiger partial charge in [0.25, 0.3) is 0 Å². The molecule has 7 heteroatoms. The van der Waals surface area contributed by atoms with Crippen molar-refractivity contribution in [1.29, 1.82) is 0 Å². The molecule has 1 saturated heterocycles. The quantitative estimate of drug-likeness (QED) is 0.663. The average Bonchev–Trinajstić information content (AvgIpc) is 2.78. The van der Waals surface area contributed by atoms with E-state index in [-0.39, 0.29) is 6.61 Å². The number of hydrogen-bond donors (Lipinski definition) is 3. The number of carboxylic acids is 1. The number of urea groups is 1. The SMILES string of the molecule is CSC(C)CCNC(=O)NC1(C(=O)O)CCOC1. The van der Waals surface area contributed by atoms with Gasteiger partial charge in [0.15, 0.2) is 5.54 Å². The third-order valence-corrected chi connectivity index (χ3v) is 4.06. The fourth-order valence-corrected chi connectivity index (χ4v) is 2.01. The Balaban J connectivity index is 2.36. The van der Waals surface area contributed by atoms with Gasteiger partial charge in [-0.2, -0.15) is 11.8 Å². The predicted molar refractivity (Wildman–Crippen MR) is 69.9 cm³/mol. The molecule has 6 nitrogen and oxygen atoms in total. The summed E-state index contributed by atoms with van der Waals surface area (Å²) in [7, 11) is 0. The Hall–Kier alpha value is -0.950. The molecule has 2 amide bonds. The third kappa shape index (κ3) is 4.06. The smallest absolute Gasteiger partial charge is 0.332 e. The standard InChI is InChI=1S/C11H20N2O4S/c1-8(18-2)3-5-12-10(16)13-11(9(14)15)4-6-17-7-11/h8H,3-7H2,1-2H3,(H,14,15)(H2,12,13,16). The van der Waals surface area contributed by atoms with Gasteiger partial charge in [-0.25, -0.2) is 9.59 Å². The Morgan fingerprint density at radius 3 is 2.78 bits per heavy atom. The molecule has 0 radical (unpaired) electrons. The van der Waals surface area contributed by atoms with Crippen molar-refractivity contribution in [3.05, 3.63) is 0 Å². The van der Waals surface area contributed by atoms with E-state index in [4.69, 9.17) is 9.84 Å². The lowest BCUT2D eigenvalue weighted by Gasteiger charge is -2.23. The summed E-state index contributed by atoms with van der Waals surface area (Å²) in [6.07, 6.45) is 3.17. The van der Waals surface area contributed by atoms with E-state index in [9.17, 15) is 9.59 Å². The summed E-state index contributed by atoms with van der Waals surface area (Å²) in [5, 5.41) is 14.8. The number of amides is 2. The minimum atomic E-state index is -1.27. The summed E-state index contributed by atoms with van der Waals surface area (Å²) < 4.78 is 5.06. The van der Waals surface area contributed by atoms with Crippen molar-refractivity contribution in [2.75, 3.05) is 26.0 Å². The molecule has 1 aliphatic heterocycles. The van der Waals surface area contributed by atoms with Crippen LogP contribution >= 0.6 is 11.8 Å². The highest BCUT2D eigenvalue weighted by Crippen LogP contribution is 2.18. The number of nitrogens with one attached hydrogen (secondary N) is 2. The largest absolute Gasteiger partial charge is 0.479 e. The Morgan fingerprint density at radius 1 is 1.56 bits per heavy atom. The molecular weight excluding hydrogens is 256 g/mol. The summed E-state index contributed by atoms with van der Waals surface area (Å²) >= 11 is 1.73. The minimum Gasteiger partial charge on any atom is -0.479 e. The molecule has 1 heterocycles. The fourth-order valence-electron chi connectivity index (χ4n) is 1.65. The van der Waals surface area contributed by atoms with Gasteiger partial charge in [-0.3, -0.25) is 0 Å². The van der Waals surface area contributed by atoms with Crippen molar-refractivity contribution in [1.82, 2.24) is 10.6 Å². The van der Waals surface area contributed by atoms with E-state index in [0.29, 0.717) is 24.8 Å². The van der Waals surface area contributed by atoms with Gasteiger partial charge < -0.3 is 20.5 Å². The molecule has 0 aliphatic carbocycles. The van der Waals surface area contributed by atoms with E-state index in [1.807, 2.05) is 6.26 Å². The molecule has 2 unspecified atom stereocenters. The number of ether oxygens (including phenoxy) is 1. The first kappa shape index (κ1) is 15.1. The van der Waals surface area contributed by atoms with Crippen LogP contribution in [-0.4, -0.2) is 53.9 Å². The van der Waals surface area contributed by atoms with Gasteiger partial charge >= 0.3 is 12.0 Å². The van der Waals surface area contributed by atoms with Crippen molar-refractivity contribution in [3.8, 4) is 0 Å². The summed E-state index contributed by atoms with van der Waals surface area (Å²) in [6, 6.07) is -0.448. The number of thioether (sulfide) groups is 1. The molecule has 0 aromatic carbocycles. The van der Waals surface area contributed by atoms with E-state index in [0.717, 1.165) is 6.42 Å². The summed E-state index contributed by atoms with van der Waals surface area (Å²) in [4.78, 5) is 22.8. The maximum absolute atomic E-state index is 11.6. The molecule has 0 spiro atoms. The number of carbonyl (C=O) groups excluding carboxylic acids is 1. The lowest BCUT2D eigenvalue weighted by atomic mass is 9.99. The first-order valence-corrected chi connectivity index (χ1v) is 7.19. The number of hydrogen-bond acceptors (Lipinski definition) is 4. The third-order valence-electron chi connectivity index (χ3n) is 3.02. The first-order chi connectivity index (χ1) is 8.50. The monoisotopic (exact) mass is 276 g/mol. The highest BCUT2D eigenvalue weighted by molar-refractivity contribution is 7.99. The Morgan fingerprint density at radius 2 is 2.28 bits per heavy atom. The highest BCUT2D eigenvalue weighted by atomic mass is 32.2. The van der Waals surface area contributed by atoms with Crippen LogP contribution in [0, 0.1) is 0 Å². The molecule has 1 aliphatic rings. The van der Waals surface area contributed by atoms with Gasteiger partial charge in [0, 0.05) is 24.8 Å². The number of aliphatic carboxylic acids is 1. The Bertz CT molecular complexity index is 305. The number of rotatable bonds is 6. The average molecular weight is 276 g/mol. The van der Waals surface area contributed by atoms with E-state index >= 15 is 0 Å². The van der Waals surface area contributed by atoms with Crippen LogP contribution in [-0.2, 0) is 9.53 Å². The summed E-state index contributed by atoms with van der Waals surface area (Å²) in [5.74, 6) is -1.05. The van der Waals surface area contributed by atoms with Gasteiger partial charge in [-0.05, 0) is 12.7 Å². The van der Waals surface area contributed by atoms with Crippen molar-refractivity contribution >= 4 is 23.8 Å². The molecule has 2 atom stereocenters. The lowest BCUT2D eigenvalue weighted by Crippen LogP contribution is -2.57. The van der Waals surface area contributed by atoms with Crippen molar-refractivity contribution in [3.63, 3.8) is 0 Å². The van der Waals surface area contributed by atoms with E-state index in [1.165, 1.54) is 0 Å². The maximum Gasteiger partial charge on any atom is 0.332 e. The van der Waals surface area contributed by atoms with E-state index in [2.05, 4.69) is 17.6 Å². The Kier molecular flexibility index (Phi) is 5.74. The van der Waals surface area contributed by atoms with E-state index in [1.54, 1.807) is 11.8 Å². The zero-order valence-corrected chi connectivity index (χ0v) is 11.5. The highest BCUT2D eigenvalue weighted by Gasteiger charge is 2.43. The van der Waals surface area contributed by atoms with Gasteiger partial charge in [0.1, 0.15) is 0 Å². The van der Waals surface area contributed by atoms with Crippen molar-refractivity contribution in [2.24, 2.45) is 0 Å². The second kappa shape index (κ2) is 6.84. The molecular formula is C11H20N2O4S. The van der Waals surface area contributed by atoms with Crippen LogP contribution in [0.5, 0.6) is 0 Å². The maximum atomic E-state index is 11.6. The zero-order valence-electron chi connectivity index (χ0n) is 10.7. The second-order valence-corrected chi connectivity index (χ2v) is 5.68. The number of carboxylic acid groups (broad SMARTS) is 1. The molecule has 0 bridgehead atoms. The molecule has 18 heavy (non-hydrogen) atoms. The molecule has 3 N–H and O–H groups in total. The molecule has 0 aromatic heterocycles. The topological polar surface area (TPSA) is 87.7 Å². The molecule has 1 fully saturated rings. The number of carbonyl (C=O) groups is 2. The molecule has 0 saturated carbocycles. The van der Waals surface area contributed by atoms with Crippen molar-refractivity contribution < 1.29 is 19.4 Å². The normalized spacial score (nSPS) is 24.6. The predicted octanol–water partition coefficient (Wildman–Crippen LogP) is 0.671. The second-order valence-electron chi connectivity index (χ2n) is 4.41. The first-order valence-electron chi connectivity index (χ1n) is 5.90. The summed E-state index contributed by atoms with van der Waals surface area (Å²) in [6.45, 7) is 2.99.